The van der Waals surface area contributed by atoms with Crippen molar-refractivity contribution in [2.24, 2.45) is 0 Å². The summed E-state index contributed by atoms with van der Waals surface area (Å²) in [4.78, 5) is 13.9. The van der Waals surface area contributed by atoms with Gasteiger partial charge in [-0.05, 0) is 40.5 Å². The number of carbonyl (C=O) groups is 1. The van der Waals surface area contributed by atoms with Gasteiger partial charge in [-0.15, -0.1) is 16.7 Å². The first-order valence-electron chi connectivity index (χ1n) is 7.81. The van der Waals surface area contributed by atoms with E-state index < -0.39 is 5.60 Å². The Morgan fingerprint density at radius 1 is 1.36 bits per heavy atom. The number of rotatable bonds is 3. The minimum Gasteiger partial charge on any atom is -0.444 e. The third-order valence-corrected chi connectivity index (χ3v) is 4.06. The molecule has 0 unspecified atom stereocenters. The van der Waals surface area contributed by atoms with E-state index in [-0.39, 0.29) is 6.09 Å². The minimum atomic E-state index is -0.454. The summed E-state index contributed by atoms with van der Waals surface area (Å²) in [5, 5.41) is 8.32. The normalized spacial score (nSPS) is 16.9. The second kappa shape index (κ2) is 6.86. The zero-order valence-corrected chi connectivity index (χ0v) is 14.6. The smallest absolute Gasteiger partial charge is 0.410 e. The van der Waals surface area contributed by atoms with Crippen molar-refractivity contribution < 1.29 is 9.53 Å². The van der Waals surface area contributed by atoms with Gasteiger partial charge in [0.05, 0.1) is 11.6 Å². The molecular weight excluding hydrogens is 304 g/mol. The zero-order valence-electron chi connectivity index (χ0n) is 13.8. The fourth-order valence-electron chi connectivity index (χ4n) is 2.79. The summed E-state index contributed by atoms with van der Waals surface area (Å²) in [6.07, 6.45) is 1.54. The molecule has 0 atom stereocenters. The molecule has 0 spiro atoms. The Bertz CT molecular complexity index is 495. The number of aromatic nitrogens is 3. The number of halogens is 1. The molecule has 0 N–H and O–H groups in total. The van der Waals surface area contributed by atoms with Crippen LogP contribution in [0.25, 0.3) is 0 Å². The van der Waals surface area contributed by atoms with Crippen LogP contribution in [0.3, 0.4) is 0 Å². The zero-order chi connectivity index (χ0) is 16.3. The van der Waals surface area contributed by atoms with Crippen LogP contribution in [0, 0.1) is 0 Å². The molecule has 22 heavy (non-hydrogen) atoms. The molecule has 1 saturated heterocycles. The van der Waals surface area contributed by atoms with E-state index in [0.717, 1.165) is 30.8 Å². The highest BCUT2D eigenvalue weighted by atomic mass is 35.5. The van der Waals surface area contributed by atoms with Crippen molar-refractivity contribution in [1.29, 1.82) is 0 Å². The SMILES string of the molecule is CCn1nnc(CCl)c1C1CCN(C(=O)OC(C)(C)C)CC1. The first kappa shape index (κ1) is 17.1. The first-order chi connectivity index (χ1) is 10.4. The third-order valence-electron chi connectivity index (χ3n) is 3.81. The third kappa shape index (κ3) is 3.91. The lowest BCUT2D eigenvalue weighted by molar-refractivity contribution is 0.0203. The predicted molar refractivity (Wildman–Crippen MR) is 85.0 cm³/mol. The number of ether oxygens (including phenoxy) is 1. The number of piperidine rings is 1. The van der Waals surface area contributed by atoms with Crippen LogP contribution >= 0.6 is 11.6 Å². The Kier molecular flexibility index (Phi) is 5.32. The van der Waals surface area contributed by atoms with Crippen LogP contribution in [0.5, 0.6) is 0 Å². The lowest BCUT2D eigenvalue weighted by Gasteiger charge is -2.33. The molecule has 0 aromatic carbocycles. The maximum absolute atomic E-state index is 12.1. The Labute approximate surface area is 136 Å². The molecule has 2 rings (SSSR count). The van der Waals surface area contributed by atoms with Crippen molar-refractivity contribution in [2.75, 3.05) is 13.1 Å². The van der Waals surface area contributed by atoms with Crippen molar-refractivity contribution in [3.05, 3.63) is 11.4 Å². The van der Waals surface area contributed by atoms with Crippen LogP contribution < -0.4 is 0 Å². The molecule has 7 heteroatoms. The largest absolute Gasteiger partial charge is 0.444 e. The van der Waals surface area contributed by atoms with Gasteiger partial charge < -0.3 is 9.64 Å². The van der Waals surface area contributed by atoms with E-state index in [2.05, 4.69) is 10.3 Å². The standard InChI is InChI=1S/C15H25ClN4O2/c1-5-20-13(12(10-16)17-18-20)11-6-8-19(9-7-11)14(21)22-15(2,3)4/h11H,5-10H2,1-4H3. The highest BCUT2D eigenvalue weighted by Gasteiger charge is 2.30. The van der Waals surface area contributed by atoms with Crippen molar-refractivity contribution in [2.45, 2.75) is 64.5 Å². The Morgan fingerprint density at radius 3 is 2.50 bits per heavy atom. The Morgan fingerprint density at radius 2 is 2.00 bits per heavy atom. The molecule has 1 amide bonds. The lowest BCUT2D eigenvalue weighted by atomic mass is 9.92. The van der Waals surface area contributed by atoms with Gasteiger partial charge in [-0.2, -0.15) is 0 Å². The van der Waals surface area contributed by atoms with Crippen molar-refractivity contribution >= 4 is 17.7 Å². The van der Waals surface area contributed by atoms with Crippen LogP contribution in [0.2, 0.25) is 0 Å². The average molecular weight is 329 g/mol. The Hall–Kier alpha value is -1.30. The molecule has 6 nitrogen and oxygen atoms in total. The summed E-state index contributed by atoms with van der Waals surface area (Å²) >= 11 is 5.97. The van der Waals surface area contributed by atoms with Crippen molar-refractivity contribution in [3.8, 4) is 0 Å². The Balaban J connectivity index is 2.01. The molecular formula is C15H25ClN4O2. The summed E-state index contributed by atoms with van der Waals surface area (Å²) in [6.45, 7) is 9.87. The first-order valence-corrected chi connectivity index (χ1v) is 8.35. The van der Waals surface area contributed by atoms with E-state index >= 15 is 0 Å². The molecule has 124 valence electrons. The number of amides is 1. The van der Waals surface area contributed by atoms with Gasteiger partial charge in [0.2, 0.25) is 0 Å². The van der Waals surface area contributed by atoms with Gasteiger partial charge in [-0.3, -0.25) is 0 Å². The van der Waals surface area contributed by atoms with Gasteiger partial charge in [0.25, 0.3) is 0 Å². The van der Waals surface area contributed by atoms with E-state index in [0.29, 0.717) is 24.9 Å². The van der Waals surface area contributed by atoms with Crippen LogP contribution in [-0.4, -0.2) is 44.7 Å². The van der Waals surface area contributed by atoms with Gasteiger partial charge in [0, 0.05) is 25.6 Å². The number of aryl methyl sites for hydroxylation is 1. The van der Waals surface area contributed by atoms with Crippen molar-refractivity contribution in [1.82, 2.24) is 19.9 Å². The van der Waals surface area contributed by atoms with Gasteiger partial charge in [-0.25, -0.2) is 9.48 Å². The molecule has 1 aliphatic rings. The van der Waals surface area contributed by atoms with E-state index in [1.54, 1.807) is 4.90 Å². The van der Waals surface area contributed by atoms with Crippen molar-refractivity contribution in [3.63, 3.8) is 0 Å². The summed E-state index contributed by atoms with van der Waals surface area (Å²) in [6, 6.07) is 0. The van der Waals surface area contributed by atoms with Gasteiger partial charge in [-0.1, -0.05) is 5.21 Å². The molecule has 0 saturated carbocycles. The fourth-order valence-corrected chi connectivity index (χ4v) is 2.98. The monoisotopic (exact) mass is 328 g/mol. The van der Waals surface area contributed by atoms with E-state index in [1.807, 2.05) is 32.4 Å². The van der Waals surface area contributed by atoms with Crippen LogP contribution in [0.1, 0.15) is 57.8 Å². The van der Waals surface area contributed by atoms with Gasteiger partial charge in [0.15, 0.2) is 0 Å². The van der Waals surface area contributed by atoms with E-state index in [1.165, 1.54) is 0 Å². The highest BCUT2D eigenvalue weighted by molar-refractivity contribution is 6.16. The second-order valence-corrected chi connectivity index (χ2v) is 6.88. The molecule has 1 aliphatic heterocycles. The minimum absolute atomic E-state index is 0.231. The van der Waals surface area contributed by atoms with Crippen LogP contribution in [0.15, 0.2) is 0 Å². The average Bonchev–Trinajstić information content (AvgIpc) is 2.88. The fraction of sp³-hybridized carbons (Fsp3) is 0.800. The van der Waals surface area contributed by atoms with E-state index in [9.17, 15) is 4.79 Å². The number of likely N-dealkylation sites (tertiary alicyclic amines) is 1. The predicted octanol–water partition coefficient (Wildman–Crippen LogP) is 3.15. The lowest BCUT2D eigenvalue weighted by Crippen LogP contribution is -2.41. The molecule has 1 aromatic heterocycles. The molecule has 0 bridgehead atoms. The quantitative estimate of drug-likeness (QED) is 0.800. The summed E-state index contributed by atoms with van der Waals surface area (Å²) in [7, 11) is 0. The summed E-state index contributed by atoms with van der Waals surface area (Å²) < 4.78 is 7.35. The second-order valence-electron chi connectivity index (χ2n) is 6.61. The highest BCUT2D eigenvalue weighted by Crippen LogP contribution is 2.30. The number of alkyl halides is 1. The van der Waals surface area contributed by atoms with Crippen LogP contribution in [-0.2, 0) is 17.2 Å². The summed E-state index contributed by atoms with van der Waals surface area (Å²) in [5.41, 5.74) is 1.53. The molecule has 0 aliphatic carbocycles. The number of carbonyl (C=O) groups excluding carboxylic acids is 1. The molecule has 1 aromatic rings. The molecule has 2 heterocycles. The summed E-state index contributed by atoms with van der Waals surface area (Å²) in [5.74, 6) is 0.726. The number of nitrogens with zero attached hydrogens (tertiary/aromatic N) is 4. The number of hydrogen-bond acceptors (Lipinski definition) is 4. The maximum atomic E-state index is 12.1. The van der Waals surface area contributed by atoms with E-state index in [4.69, 9.17) is 16.3 Å². The molecule has 0 radical (unpaired) electrons. The van der Waals surface area contributed by atoms with Gasteiger partial charge >= 0.3 is 6.09 Å². The maximum Gasteiger partial charge on any atom is 0.410 e. The molecule has 1 fully saturated rings. The number of hydrogen-bond donors (Lipinski definition) is 0. The van der Waals surface area contributed by atoms with Crippen LogP contribution in [0.4, 0.5) is 4.79 Å². The topological polar surface area (TPSA) is 60.2 Å². The van der Waals surface area contributed by atoms with Gasteiger partial charge in [0.1, 0.15) is 11.3 Å².